The highest BCUT2D eigenvalue weighted by Gasteiger charge is 2.12. The summed E-state index contributed by atoms with van der Waals surface area (Å²) in [5.41, 5.74) is 2.30. The average molecular weight is 568 g/mol. The Morgan fingerprint density at radius 2 is 1.81 bits per heavy atom. The molecule has 11 heteroatoms. The normalized spacial score (nSPS) is 11.7. The number of hydrogen-bond donors (Lipinski definition) is 3. The van der Waals surface area contributed by atoms with Gasteiger partial charge < -0.3 is 15.4 Å². The maximum Gasteiger partial charge on any atom is 0.387 e. The second-order valence-corrected chi connectivity index (χ2v) is 8.39. The Morgan fingerprint density at radius 1 is 1.10 bits per heavy atom. The van der Waals surface area contributed by atoms with Crippen LogP contribution in [0.4, 0.5) is 8.78 Å². The highest BCUT2D eigenvalue weighted by molar-refractivity contribution is 14.0. The van der Waals surface area contributed by atoms with Gasteiger partial charge in [-0.1, -0.05) is 48.0 Å². The van der Waals surface area contributed by atoms with Gasteiger partial charge in [0.15, 0.2) is 5.96 Å². The van der Waals surface area contributed by atoms with Crippen LogP contribution in [0.5, 0.6) is 5.75 Å². The summed E-state index contributed by atoms with van der Waals surface area (Å²) in [5.74, 6) is 0.272. The van der Waals surface area contributed by atoms with Crippen molar-refractivity contribution >= 4 is 40.0 Å². The van der Waals surface area contributed by atoms with Gasteiger partial charge in [0.1, 0.15) is 5.75 Å². The van der Waals surface area contributed by atoms with E-state index >= 15 is 0 Å². The van der Waals surface area contributed by atoms with Gasteiger partial charge in [0, 0.05) is 32.2 Å². The van der Waals surface area contributed by atoms with Crippen LogP contribution in [0.2, 0.25) is 0 Å². The van der Waals surface area contributed by atoms with E-state index in [0.717, 1.165) is 11.1 Å². The number of alkyl halides is 2. The molecule has 3 N–H and O–H groups in total. The second-order valence-electron chi connectivity index (χ2n) is 6.47. The van der Waals surface area contributed by atoms with E-state index in [-0.39, 0.29) is 55.1 Å². The number of rotatable bonds is 10. The molecule has 0 heterocycles. The molecule has 0 atom stereocenters. The molecule has 0 unspecified atom stereocenters. The van der Waals surface area contributed by atoms with Crippen molar-refractivity contribution in [2.45, 2.75) is 26.6 Å². The summed E-state index contributed by atoms with van der Waals surface area (Å²) >= 11 is 0. The van der Waals surface area contributed by atoms with E-state index in [1.807, 2.05) is 37.3 Å². The van der Waals surface area contributed by atoms with Gasteiger partial charge in [-0.25, -0.2) is 13.1 Å². The predicted octanol–water partition coefficient (Wildman–Crippen LogP) is 3.00. The maximum absolute atomic E-state index is 12.6. The van der Waals surface area contributed by atoms with Gasteiger partial charge >= 0.3 is 6.61 Å². The molecule has 172 valence electrons. The fourth-order valence-corrected chi connectivity index (χ4v) is 3.52. The van der Waals surface area contributed by atoms with E-state index in [4.69, 9.17) is 0 Å². The van der Waals surface area contributed by atoms with Crippen LogP contribution in [0.25, 0.3) is 0 Å². The van der Waals surface area contributed by atoms with E-state index in [0.29, 0.717) is 11.5 Å². The third kappa shape index (κ3) is 10.2. The number of benzene rings is 2. The Labute approximate surface area is 198 Å². The summed E-state index contributed by atoms with van der Waals surface area (Å²) in [6, 6.07) is 14.1. The molecule has 0 bridgehead atoms. The lowest BCUT2D eigenvalue weighted by Gasteiger charge is -2.15. The van der Waals surface area contributed by atoms with Gasteiger partial charge in [-0.2, -0.15) is 8.78 Å². The molecule has 7 nitrogen and oxygen atoms in total. The molecule has 0 fully saturated rings. The predicted molar refractivity (Wildman–Crippen MR) is 128 cm³/mol. The molecule has 2 rings (SSSR count). The topological polar surface area (TPSA) is 91.8 Å². The van der Waals surface area contributed by atoms with Gasteiger partial charge in [-0.15, -0.1) is 24.0 Å². The fourth-order valence-electron chi connectivity index (χ4n) is 2.62. The number of aliphatic imine (C=N–C) groups is 1. The van der Waals surface area contributed by atoms with Crippen LogP contribution in [0, 0.1) is 6.92 Å². The van der Waals surface area contributed by atoms with Gasteiger partial charge in [-0.05, 0) is 18.6 Å². The molecular formula is C20H27F2IN4O3S. The maximum atomic E-state index is 12.6. The first-order valence-corrected chi connectivity index (χ1v) is 10.9. The quantitative estimate of drug-likeness (QED) is 0.233. The highest BCUT2D eigenvalue weighted by Crippen LogP contribution is 2.21. The summed E-state index contributed by atoms with van der Waals surface area (Å²) in [4.78, 5) is 4.02. The zero-order valence-corrected chi connectivity index (χ0v) is 20.4. The molecule has 0 saturated carbocycles. The van der Waals surface area contributed by atoms with E-state index in [2.05, 4.69) is 25.1 Å². The zero-order chi connectivity index (χ0) is 22.0. The van der Waals surface area contributed by atoms with Gasteiger partial charge in [-0.3, -0.25) is 4.99 Å². The smallest absolute Gasteiger partial charge is 0.387 e. The lowest BCUT2D eigenvalue weighted by molar-refractivity contribution is -0.0504. The molecule has 0 aromatic heterocycles. The van der Waals surface area contributed by atoms with Crippen molar-refractivity contribution in [2.24, 2.45) is 4.99 Å². The highest BCUT2D eigenvalue weighted by atomic mass is 127. The first-order chi connectivity index (χ1) is 14.3. The van der Waals surface area contributed by atoms with Crippen LogP contribution in [0.15, 0.2) is 53.5 Å². The van der Waals surface area contributed by atoms with Crippen LogP contribution < -0.4 is 20.1 Å². The molecule has 0 saturated heterocycles. The van der Waals surface area contributed by atoms with Crippen LogP contribution in [-0.4, -0.2) is 40.3 Å². The van der Waals surface area contributed by atoms with Crippen molar-refractivity contribution in [3.63, 3.8) is 0 Å². The molecule has 0 amide bonds. The molecule has 0 aliphatic heterocycles. The zero-order valence-electron chi connectivity index (χ0n) is 17.3. The molecular weight excluding hydrogens is 541 g/mol. The molecule has 0 radical (unpaired) electrons. The van der Waals surface area contributed by atoms with Crippen LogP contribution >= 0.6 is 24.0 Å². The van der Waals surface area contributed by atoms with Gasteiger partial charge in [0.2, 0.25) is 10.0 Å². The summed E-state index contributed by atoms with van der Waals surface area (Å²) in [6.07, 6.45) is 0. The number of sulfonamides is 1. The summed E-state index contributed by atoms with van der Waals surface area (Å²) in [7, 11) is -1.94. The van der Waals surface area contributed by atoms with Crippen molar-refractivity contribution in [1.29, 1.82) is 0 Å². The number of nitrogens with zero attached hydrogens (tertiary/aromatic N) is 1. The Balaban J connectivity index is 0.00000480. The van der Waals surface area contributed by atoms with Gasteiger partial charge in [0.05, 0.1) is 5.75 Å². The van der Waals surface area contributed by atoms with Crippen LogP contribution in [0.3, 0.4) is 0 Å². The number of hydrogen-bond acceptors (Lipinski definition) is 4. The standard InChI is InChI=1S/C20H26F2N4O3S.HI/c1-15-8-9-18(29-19(21)22)17(12-15)14-25-20(23-2)24-10-11-30(27,28)26-13-16-6-4-3-5-7-16;/h3-9,12,19,26H,10-11,13-14H2,1-2H3,(H2,23,24,25);1H. The Kier molecular flexibility index (Phi) is 11.7. The number of guanidine groups is 1. The molecule has 31 heavy (non-hydrogen) atoms. The largest absolute Gasteiger partial charge is 0.434 e. The Morgan fingerprint density at radius 3 is 2.45 bits per heavy atom. The minimum Gasteiger partial charge on any atom is -0.434 e. The van der Waals surface area contributed by atoms with Gasteiger partial charge in [0.25, 0.3) is 0 Å². The lowest BCUT2D eigenvalue weighted by atomic mass is 10.1. The minimum absolute atomic E-state index is 0. The van der Waals surface area contributed by atoms with Crippen molar-refractivity contribution in [1.82, 2.24) is 15.4 Å². The van der Waals surface area contributed by atoms with E-state index in [9.17, 15) is 17.2 Å². The average Bonchev–Trinajstić information content (AvgIpc) is 2.71. The summed E-state index contributed by atoms with van der Waals surface area (Å²) in [6.45, 7) is -0.551. The van der Waals surface area contributed by atoms with Crippen molar-refractivity contribution in [3.8, 4) is 5.75 Å². The summed E-state index contributed by atoms with van der Waals surface area (Å²) in [5, 5.41) is 5.87. The third-order valence-electron chi connectivity index (χ3n) is 4.10. The first-order valence-electron chi connectivity index (χ1n) is 9.29. The number of ether oxygens (including phenoxy) is 1. The van der Waals surface area contributed by atoms with E-state index < -0.39 is 16.6 Å². The lowest BCUT2D eigenvalue weighted by Crippen LogP contribution is -2.40. The Bertz CT molecular complexity index is 945. The molecule has 0 aliphatic rings. The van der Waals surface area contributed by atoms with Crippen LogP contribution in [-0.2, 0) is 23.1 Å². The monoisotopic (exact) mass is 568 g/mol. The van der Waals surface area contributed by atoms with Crippen molar-refractivity contribution in [2.75, 3.05) is 19.3 Å². The minimum atomic E-state index is -3.48. The second kappa shape index (κ2) is 13.4. The van der Waals surface area contributed by atoms with E-state index in [1.54, 1.807) is 12.1 Å². The first kappa shape index (κ1) is 27.0. The number of halogens is 3. The molecule has 2 aromatic carbocycles. The number of aryl methyl sites for hydroxylation is 1. The Hall–Kier alpha value is -1.99. The fraction of sp³-hybridized carbons (Fsp3) is 0.350. The molecule has 0 aliphatic carbocycles. The number of nitrogens with one attached hydrogen (secondary N) is 3. The molecule has 0 spiro atoms. The molecule has 2 aromatic rings. The van der Waals surface area contributed by atoms with E-state index in [1.165, 1.54) is 13.1 Å². The third-order valence-corrected chi connectivity index (χ3v) is 5.43. The summed E-state index contributed by atoms with van der Waals surface area (Å²) < 4.78 is 56.5. The van der Waals surface area contributed by atoms with Crippen molar-refractivity contribution < 1.29 is 21.9 Å². The van der Waals surface area contributed by atoms with Crippen molar-refractivity contribution in [3.05, 3.63) is 65.2 Å². The SMILES string of the molecule is CN=C(NCCS(=O)(=O)NCc1ccccc1)NCc1cc(C)ccc1OC(F)F.I. The van der Waals surface area contributed by atoms with Crippen LogP contribution in [0.1, 0.15) is 16.7 Å².